The number of aromatic nitrogens is 1. The number of hydrogen-bond donors (Lipinski definition) is 1. The molecule has 1 aromatic heterocycles. The third-order valence-electron chi connectivity index (χ3n) is 1.48. The molecule has 0 saturated heterocycles. The molecule has 7 heteroatoms. The van der Waals surface area contributed by atoms with Gasteiger partial charge in [-0.3, -0.25) is 0 Å². The Morgan fingerprint density at radius 3 is 2.73 bits per heavy atom. The molecule has 84 valence electrons. The van der Waals surface area contributed by atoms with Crippen molar-refractivity contribution in [3.8, 4) is 0 Å². The molecule has 0 radical (unpaired) electrons. The Bertz CT molecular complexity index is 334. The van der Waals surface area contributed by atoms with E-state index in [0.717, 1.165) is 11.8 Å². The second kappa shape index (κ2) is 5.05. The summed E-state index contributed by atoms with van der Waals surface area (Å²) in [6, 6.07) is 3.10. The number of aliphatic hydroxyl groups is 1. The molecule has 0 aromatic carbocycles. The predicted molar refractivity (Wildman–Crippen MR) is 52.0 cm³/mol. The molecular formula is C8H7ClF3NOS. The van der Waals surface area contributed by atoms with E-state index in [1.807, 2.05) is 0 Å². The van der Waals surface area contributed by atoms with Crippen LogP contribution in [0, 0.1) is 0 Å². The highest BCUT2D eigenvalue weighted by Gasteiger charge is 2.38. The summed E-state index contributed by atoms with van der Waals surface area (Å²) in [7, 11) is 0. The van der Waals surface area contributed by atoms with Gasteiger partial charge in [0.15, 0.2) is 6.10 Å². The minimum atomic E-state index is -4.60. The van der Waals surface area contributed by atoms with E-state index in [0.29, 0.717) is 0 Å². The molecule has 1 atom stereocenters. The number of hydrogen-bond acceptors (Lipinski definition) is 3. The number of halogens is 4. The van der Waals surface area contributed by atoms with Gasteiger partial charge in [-0.25, -0.2) is 4.98 Å². The lowest BCUT2D eigenvalue weighted by Crippen LogP contribution is -2.30. The molecule has 1 heterocycles. The fourth-order valence-corrected chi connectivity index (χ4v) is 1.86. The summed E-state index contributed by atoms with van der Waals surface area (Å²) in [4.78, 5) is 3.78. The zero-order valence-corrected chi connectivity index (χ0v) is 8.90. The minimum Gasteiger partial charge on any atom is -0.383 e. The van der Waals surface area contributed by atoms with Crippen LogP contribution >= 0.6 is 23.4 Å². The van der Waals surface area contributed by atoms with Crippen molar-refractivity contribution in [1.29, 1.82) is 0 Å². The van der Waals surface area contributed by atoms with Crippen LogP contribution in [0.4, 0.5) is 13.2 Å². The van der Waals surface area contributed by atoms with E-state index in [2.05, 4.69) is 4.98 Å². The van der Waals surface area contributed by atoms with Gasteiger partial charge in [-0.05, 0) is 12.1 Å². The zero-order valence-electron chi connectivity index (χ0n) is 7.33. The maximum absolute atomic E-state index is 11.9. The Balaban J connectivity index is 2.55. The molecule has 0 bridgehead atoms. The second-order valence-electron chi connectivity index (χ2n) is 2.66. The SMILES string of the molecule is OC(CSc1ncccc1Cl)C(F)(F)F. The summed E-state index contributed by atoms with van der Waals surface area (Å²) < 4.78 is 35.8. The van der Waals surface area contributed by atoms with Crippen molar-refractivity contribution in [1.82, 2.24) is 4.98 Å². The maximum atomic E-state index is 11.9. The molecule has 2 nitrogen and oxygen atoms in total. The number of pyridine rings is 1. The second-order valence-corrected chi connectivity index (χ2v) is 4.07. The Hall–Kier alpha value is -0.460. The van der Waals surface area contributed by atoms with Gasteiger partial charge in [0.05, 0.1) is 5.02 Å². The van der Waals surface area contributed by atoms with Crippen molar-refractivity contribution < 1.29 is 18.3 Å². The fraction of sp³-hybridized carbons (Fsp3) is 0.375. The maximum Gasteiger partial charge on any atom is 0.415 e. The summed E-state index contributed by atoms with van der Waals surface area (Å²) in [5.74, 6) is -0.514. The molecule has 1 unspecified atom stereocenters. The summed E-state index contributed by atoms with van der Waals surface area (Å²) in [6.07, 6.45) is -5.54. The van der Waals surface area contributed by atoms with E-state index in [1.165, 1.54) is 12.3 Å². The van der Waals surface area contributed by atoms with E-state index in [1.54, 1.807) is 6.07 Å². The summed E-state index contributed by atoms with van der Waals surface area (Å²) >= 11 is 6.44. The normalized spacial score (nSPS) is 13.9. The van der Waals surface area contributed by atoms with Gasteiger partial charge in [-0.1, -0.05) is 11.6 Å². The average molecular weight is 258 g/mol. The van der Waals surface area contributed by atoms with Crippen molar-refractivity contribution in [2.75, 3.05) is 5.75 Å². The first-order valence-corrected chi connectivity index (χ1v) is 5.25. The first-order valence-electron chi connectivity index (χ1n) is 3.89. The monoisotopic (exact) mass is 257 g/mol. The van der Waals surface area contributed by atoms with Crippen molar-refractivity contribution >= 4 is 23.4 Å². The van der Waals surface area contributed by atoms with Crippen molar-refractivity contribution in [3.05, 3.63) is 23.4 Å². The van der Waals surface area contributed by atoms with Gasteiger partial charge in [-0.2, -0.15) is 13.2 Å². The van der Waals surface area contributed by atoms with Crippen molar-refractivity contribution in [3.63, 3.8) is 0 Å². The number of rotatable bonds is 3. The predicted octanol–water partition coefficient (Wildman–Crippen LogP) is 2.75. The third kappa shape index (κ3) is 3.89. The first kappa shape index (κ1) is 12.6. The molecule has 0 fully saturated rings. The molecule has 0 amide bonds. The third-order valence-corrected chi connectivity index (χ3v) is 2.98. The summed E-state index contributed by atoms with van der Waals surface area (Å²) in [5, 5.41) is 9.28. The number of thioether (sulfide) groups is 1. The standard InChI is InChI=1S/C8H7ClF3NOS/c9-5-2-1-3-13-7(5)15-4-6(14)8(10,11)12/h1-3,6,14H,4H2. The Morgan fingerprint density at radius 2 is 2.20 bits per heavy atom. The van der Waals surface area contributed by atoms with Gasteiger partial charge < -0.3 is 5.11 Å². The Morgan fingerprint density at radius 1 is 1.53 bits per heavy atom. The van der Waals surface area contributed by atoms with Crippen LogP contribution in [0.3, 0.4) is 0 Å². The molecule has 0 spiro atoms. The highest BCUT2D eigenvalue weighted by atomic mass is 35.5. The minimum absolute atomic E-state index is 0.275. The van der Waals surface area contributed by atoms with E-state index >= 15 is 0 Å². The lowest BCUT2D eigenvalue weighted by molar-refractivity contribution is -0.195. The quantitative estimate of drug-likeness (QED) is 0.846. The Labute approximate surface area is 93.5 Å². The van der Waals surface area contributed by atoms with E-state index in [-0.39, 0.29) is 10.0 Å². The average Bonchev–Trinajstić information content (AvgIpc) is 2.14. The summed E-state index contributed by atoms with van der Waals surface area (Å²) in [6.45, 7) is 0. The Kier molecular flexibility index (Phi) is 4.24. The highest BCUT2D eigenvalue weighted by molar-refractivity contribution is 7.99. The molecule has 15 heavy (non-hydrogen) atoms. The van der Waals surface area contributed by atoms with E-state index in [9.17, 15) is 13.2 Å². The smallest absolute Gasteiger partial charge is 0.383 e. The van der Waals surface area contributed by atoms with Gasteiger partial charge in [-0.15, -0.1) is 11.8 Å². The molecular weight excluding hydrogens is 251 g/mol. The van der Waals surface area contributed by atoms with Crippen LogP contribution in [0.5, 0.6) is 0 Å². The zero-order chi connectivity index (χ0) is 11.5. The van der Waals surface area contributed by atoms with Gasteiger partial charge in [0.1, 0.15) is 5.03 Å². The molecule has 0 aliphatic carbocycles. The topological polar surface area (TPSA) is 33.1 Å². The van der Waals surface area contributed by atoms with Gasteiger partial charge in [0.25, 0.3) is 0 Å². The first-order chi connectivity index (χ1) is 6.91. The molecule has 1 aromatic rings. The lowest BCUT2D eigenvalue weighted by atomic mass is 10.4. The van der Waals surface area contributed by atoms with Crippen LogP contribution in [0.25, 0.3) is 0 Å². The fourth-order valence-electron chi connectivity index (χ4n) is 0.730. The van der Waals surface area contributed by atoms with Crippen LogP contribution < -0.4 is 0 Å². The lowest BCUT2D eigenvalue weighted by Gasteiger charge is -2.13. The van der Waals surface area contributed by atoms with Crippen LogP contribution in [-0.2, 0) is 0 Å². The van der Waals surface area contributed by atoms with Gasteiger partial charge in [0.2, 0.25) is 0 Å². The number of nitrogens with zero attached hydrogens (tertiary/aromatic N) is 1. The van der Waals surface area contributed by atoms with Gasteiger partial charge >= 0.3 is 6.18 Å². The largest absolute Gasteiger partial charge is 0.415 e. The van der Waals surface area contributed by atoms with Crippen LogP contribution in [-0.4, -0.2) is 28.1 Å². The van der Waals surface area contributed by atoms with Gasteiger partial charge in [0, 0.05) is 11.9 Å². The van der Waals surface area contributed by atoms with Crippen LogP contribution in [0.15, 0.2) is 23.4 Å². The molecule has 0 aliphatic rings. The van der Waals surface area contributed by atoms with Crippen LogP contribution in [0.2, 0.25) is 5.02 Å². The molecule has 0 saturated carbocycles. The molecule has 0 aliphatic heterocycles. The molecule has 1 N–H and O–H groups in total. The van der Waals surface area contributed by atoms with E-state index < -0.39 is 18.0 Å². The summed E-state index contributed by atoms with van der Waals surface area (Å²) in [5.41, 5.74) is 0. The number of aliphatic hydroxyl groups excluding tert-OH is 1. The van der Waals surface area contributed by atoms with E-state index in [4.69, 9.17) is 16.7 Å². The number of alkyl halides is 3. The van der Waals surface area contributed by atoms with Crippen LogP contribution in [0.1, 0.15) is 0 Å². The van der Waals surface area contributed by atoms with Crippen molar-refractivity contribution in [2.45, 2.75) is 17.3 Å². The van der Waals surface area contributed by atoms with Crippen molar-refractivity contribution in [2.24, 2.45) is 0 Å². The molecule has 1 rings (SSSR count). The highest BCUT2D eigenvalue weighted by Crippen LogP contribution is 2.29.